The first kappa shape index (κ1) is 25.2. The van der Waals surface area contributed by atoms with Crippen LogP contribution in [0.5, 0.6) is 0 Å². The average Bonchev–Trinajstić information content (AvgIpc) is 3.34. The van der Waals surface area contributed by atoms with Crippen LogP contribution in [0.2, 0.25) is 0 Å². The monoisotopic (exact) mass is 515 g/mol. The summed E-state index contributed by atoms with van der Waals surface area (Å²) < 4.78 is 16.7. The number of rotatable bonds is 8. The number of halogens is 1. The van der Waals surface area contributed by atoms with Crippen LogP contribution in [0.1, 0.15) is 34.2 Å². The van der Waals surface area contributed by atoms with Crippen LogP contribution in [-0.2, 0) is 12.2 Å². The molecular formula is C29H30FN5OS. The van der Waals surface area contributed by atoms with Gasteiger partial charge < -0.3 is 9.80 Å². The molecule has 1 saturated heterocycles. The van der Waals surface area contributed by atoms with Crippen molar-refractivity contribution in [3.63, 3.8) is 0 Å². The van der Waals surface area contributed by atoms with E-state index in [4.69, 9.17) is 0 Å². The van der Waals surface area contributed by atoms with Crippen LogP contribution >= 0.6 is 11.8 Å². The molecule has 0 atom stereocenters. The number of aromatic nitrogens is 3. The van der Waals surface area contributed by atoms with Gasteiger partial charge in [0.2, 0.25) is 0 Å². The van der Waals surface area contributed by atoms with E-state index < -0.39 is 0 Å². The van der Waals surface area contributed by atoms with Crippen LogP contribution in [-0.4, -0.2) is 63.2 Å². The maximum Gasteiger partial charge on any atom is 0.253 e. The zero-order valence-corrected chi connectivity index (χ0v) is 21.7. The Balaban J connectivity index is 1.35. The molecule has 1 aromatic heterocycles. The predicted molar refractivity (Wildman–Crippen MR) is 145 cm³/mol. The minimum atomic E-state index is -0.325. The molecule has 6 nitrogen and oxygen atoms in total. The number of hydrogen-bond donors (Lipinski definition) is 0. The van der Waals surface area contributed by atoms with Gasteiger partial charge in [0.25, 0.3) is 5.91 Å². The summed E-state index contributed by atoms with van der Waals surface area (Å²) in [5.41, 5.74) is 3.21. The molecule has 0 N–H and O–H groups in total. The van der Waals surface area contributed by atoms with Crippen LogP contribution in [0.4, 0.5) is 4.39 Å². The van der Waals surface area contributed by atoms with Crippen molar-refractivity contribution in [1.82, 2.24) is 24.6 Å². The number of benzene rings is 3. The Hall–Kier alpha value is -3.49. The summed E-state index contributed by atoms with van der Waals surface area (Å²) in [5.74, 6) is 1.01. The predicted octanol–water partition coefficient (Wildman–Crippen LogP) is 5.07. The van der Waals surface area contributed by atoms with Gasteiger partial charge in [0.05, 0.1) is 5.69 Å². The summed E-state index contributed by atoms with van der Waals surface area (Å²) in [6.07, 6.45) is 0.540. The molecule has 2 heterocycles. The SMILES string of the molecule is CCN1CCN(C(=O)c2cccc(CSc3nnc(Cc4ccccc4)n3-c3ccccc3F)c2)CC1. The molecule has 5 rings (SSSR count). The number of hydrogen-bond acceptors (Lipinski definition) is 5. The van der Waals surface area contributed by atoms with Crippen LogP contribution in [0.15, 0.2) is 84.0 Å². The van der Waals surface area contributed by atoms with Gasteiger partial charge in [-0.05, 0) is 41.9 Å². The maximum atomic E-state index is 14.8. The van der Waals surface area contributed by atoms with E-state index in [0.29, 0.717) is 34.4 Å². The highest BCUT2D eigenvalue weighted by molar-refractivity contribution is 7.98. The van der Waals surface area contributed by atoms with E-state index in [9.17, 15) is 9.18 Å². The fourth-order valence-corrected chi connectivity index (χ4v) is 5.46. The van der Waals surface area contributed by atoms with E-state index in [1.54, 1.807) is 16.7 Å². The molecule has 0 bridgehead atoms. The van der Waals surface area contributed by atoms with E-state index in [-0.39, 0.29) is 11.7 Å². The summed E-state index contributed by atoms with van der Waals surface area (Å²) in [7, 11) is 0. The molecule has 190 valence electrons. The molecule has 0 aliphatic carbocycles. The third kappa shape index (κ3) is 5.92. The lowest BCUT2D eigenvalue weighted by molar-refractivity contribution is 0.0643. The lowest BCUT2D eigenvalue weighted by atomic mass is 10.1. The number of likely N-dealkylation sites (N-methyl/N-ethyl adjacent to an activating group) is 1. The molecule has 0 radical (unpaired) electrons. The Morgan fingerprint density at radius 1 is 0.892 bits per heavy atom. The van der Waals surface area contributed by atoms with Crippen molar-refractivity contribution in [2.45, 2.75) is 24.3 Å². The minimum absolute atomic E-state index is 0.0715. The Morgan fingerprint density at radius 2 is 1.62 bits per heavy atom. The Kier molecular flexibility index (Phi) is 7.96. The van der Waals surface area contributed by atoms with E-state index in [2.05, 4.69) is 22.0 Å². The van der Waals surface area contributed by atoms with Gasteiger partial charge in [-0.3, -0.25) is 9.36 Å². The molecule has 1 aliphatic rings. The van der Waals surface area contributed by atoms with Gasteiger partial charge in [-0.2, -0.15) is 0 Å². The molecule has 8 heteroatoms. The molecule has 1 aliphatic heterocycles. The Morgan fingerprint density at radius 3 is 2.38 bits per heavy atom. The summed E-state index contributed by atoms with van der Waals surface area (Å²) in [5, 5.41) is 9.46. The fourth-order valence-electron chi connectivity index (χ4n) is 4.55. The van der Waals surface area contributed by atoms with E-state index >= 15 is 0 Å². The second-order valence-corrected chi connectivity index (χ2v) is 10.0. The lowest BCUT2D eigenvalue weighted by Gasteiger charge is -2.34. The number of nitrogens with zero attached hydrogens (tertiary/aromatic N) is 5. The normalized spacial score (nSPS) is 14.2. The third-order valence-corrected chi connectivity index (χ3v) is 7.65. The highest BCUT2D eigenvalue weighted by Crippen LogP contribution is 2.28. The third-order valence-electron chi connectivity index (χ3n) is 6.65. The van der Waals surface area contributed by atoms with Gasteiger partial charge in [0, 0.05) is 43.9 Å². The summed E-state index contributed by atoms with van der Waals surface area (Å²) in [4.78, 5) is 17.4. The highest BCUT2D eigenvalue weighted by Gasteiger charge is 2.22. The van der Waals surface area contributed by atoms with Crippen molar-refractivity contribution in [3.05, 3.63) is 107 Å². The molecular weight excluding hydrogens is 485 g/mol. The zero-order valence-electron chi connectivity index (χ0n) is 20.9. The number of carbonyl (C=O) groups excluding carboxylic acids is 1. The summed E-state index contributed by atoms with van der Waals surface area (Å²) in [6, 6.07) is 24.4. The van der Waals surface area contributed by atoms with Crippen molar-refractivity contribution >= 4 is 17.7 Å². The van der Waals surface area contributed by atoms with E-state index in [0.717, 1.165) is 43.9 Å². The van der Waals surface area contributed by atoms with Crippen LogP contribution < -0.4 is 0 Å². The molecule has 0 unspecified atom stereocenters. The largest absolute Gasteiger partial charge is 0.336 e. The standard InChI is InChI=1S/C29H30FN5OS/c1-2-33-15-17-34(18-16-33)28(36)24-12-8-11-23(19-24)21-37-29-32-31-27(20-22-9-4-3-5-10-22)35(29)26-14-7-6-13-25(26)30/h3-14,19H,2,15-18,20-21H2,1H3. The second kappa shape index (κ2) is 11.7. The molecule has 3 aromatic carbocycles. The van der Waals surface area contributed by atoms with Crippen molar-refractivity contribution < 1.29 is 9.18 Å². The molecule has 1 fully saturated rings. The van der Waals surface area contributed by atoms with E-state index in [1.165, 1.54) is 17.8 Å². The second-order valence-electron chi connectivity index (χ2n) is 9.06. The van der Waals surface area contributed by atoms with Gasteiger partial charge in [-0.25, -0.2) is 4.39 Å². The van der Waals surface area contributed by atoms with Gasteiger partial charge >= 0.3 is 0 Å². The first-order valence-electron chi connectivity index (χ1n) is 12.6. The Labute approximate surface area is 221 Å². The molecule has 0 spiro atoms. The number of amides is 1. The topological polar surface area (TPSA) is 54.3 Å². The lowest BCUT2D eigenvalue weighted by Crippen LogP contribution is -2.48. The van der Waals surface area contributed by atoms with Gasteiger partial charge in [-0.15, -0.1) is 10.2 Å². The van der Waals surface area contributed by atoms with Crippen LogP contribution in [0, 0.1) is 5.82 Å². The van der Waals surface area contributed by atoms with Crippen molar-refractivity contribution in [3.8, 4) is 5.69 Å². The quantitative estimate of drug-likeness (QED) is 0.307. The summed E-state index contributed by atoms with van der Waals surface area (Å²) in [6.45, 7) is 6.49. The van der Waals surface area contributed by atoms with Crippen molar-refractivity contribution in [1.29, 1.82) is 0 Å². The Bertz CT molecular complexity index is 1350. The molecule has 37 heavy (non-hydrogen) atoms. The number of thioether (sulfide) groups is 1. The maximum absolute atomic E-state index is 14.8. The number of carbonyl (C=O) groups is 1. The smallest absolute Gasteiger partial charge is 0.253 e. The first-order valence-corrected chi connectivity index (χ1v) is 13.6. The molecule has 1 amide bonds. The first-order chi connectivity index (χ1) is 18.1. The molecule has 0 saturated carbocycles. The number of para-hydroxylation sites is 1. The van der Waals surface area contributed by atoms with Crippen LogP contribution in [0.3, 0.4) is 0 Å². The minimum Gasteiger partial charge on any atom is -0.336 e. The van der Waals surface area contributed by atoms with Gasteiger partial charge in [0.1, 0.15) is 11.6 Å². The molecule has 4 aromatic rings. The highest BCUT2D eigenvalue weighted by atomic mass is 32.2. The average molecular weight is 516 g/mol. The fraction of sp³-hybridized carbons (Fsp3) is 0.276. The van der Waals surface area contributed by atoms with Gasteiger partial charge in [-0.1, -0.05) is 73.3 Å². The van der Waals surface area contributed by atoms with Crippen molar-refractivity contribution in [2.24, 2.45) is 0 Å². The summed E-state index contributed by atoms with van der Waals surface area (Å²) >= 11 is 1.49. The van der Waals surface area contributed by atoms with Gasteiger partial charge in [0.15, 0.2) is 5.16 Å². The van der Waals surface area contributed by atoms with Crippen LogP contribution in [0.25, 0.3) is 5.69 Å². The number of piperazine rings is 1. The van der Waals surface area contributed by atoms with E-state index in [1.807, 2.05) is 65.6 Å². The zero-order chi connectivity index (χ0) is 25.6. The van der Waals surface area contributed by atoms with Crippen molar-refractivity contribution in [2.75, 3.05) is 32.7 Å².